The van der Waals surface area contributed by atoms with Gasteiger partial charge in [-0.2, -0.15) is 8.78 Å². The summed E-state index contributed by atoms with van der Waals surface area (Å²) in [5.41, 5.74) is 0.335. The van der Waals surface area contributed by atoms with Gasteiger partial charge in [0.2, 0.25) is 5.75 Å². The van der Waals surface area contributed by atoms with Gasteiger partial charge in [0.1, 0.15) is 5.76 Å². The zero-order chi connectivity index (χ0) is 20.1. The lowest BCUT2D eigenvalue weighted by Crippen LogP contribution is -2.34. The van der Waals surface area contributed by atoms with Crippen LogP contribution in [-0.2, 0) is 19.1 Å². The molecule has 1 heterocycles. The maximum Gasteiger partial charge on any atom is 0.387 e. The molecule has 1 aromatic carbocycles. The first kappa shape index (κ1) is 20.1. The lowest BCUT2D eigenvalue weighted by atomic mass is 9.96. The molecule has 0 aliphatic carbocycles. The van der Waals surface area contributed by atoms with Crippen molar-refractivity contribution < 1.29 is 42.1 Å². The lowest BCUT2D eigenvalue weighted by molar-refractivity contribution is -0.151. The van der Waals surface area contributed by atoms with E-state index in [1.165, 1.54) is 39.4 Å². The topological polar surface area (TPSA) is 88.1 Å². The number of hydrogen-bond acceptors (Lipinski definition) is 7. The second-order valence-corrected chi connectivity index (χ2v) is 5.38. The number of carbonyl (C=O) groups excluding carboxylic acids is 3. The van der Waals surface area contributed by atoms with Crippen LogP contribution in [0.1, 0.15) is 12.5 Å². The first-order valence-corrected chi connectivity index (χ1v) is 7.63. The van der Waals surface area contributed by atoms with Gasteiger partial charge in [-0.3, -0.25) is 14.4 Å². The largest absolute Gasteiger partial charge is 0.493 e. The van der Waals surface area contributed by atoms with Gasteiger partial charge >= 0.3 is 12.6 Å². The van der Waals surface area contributed by atoms with Crippen LogP contribution in [0.3, 0.4) is 0 Å². The van der Waals surface area contributed by atoms with Crippen LogP contribution in [0.15, 0.2) is 30.0 Å². The van der Waals surface area contributed by atoms with Crippen molar-refractivity contribution in [2.75, 3.05) is 14.2 Å². The highest BCUT2D eigenvalue weighted by molar-refractivity contribution is 6.25. The molecule has 0 saturated heterocycles. The van der Waals surface area contributed by atoms with Gasteiger partial charge in [-0.05, 0) is 30.7 Å². The highest BCUT2D eigenvalue weighted by atomic mass is 19.3. The van der Waals surface area contributed by atoms with Gasteiger partial charge in [0.05, 0.1) is 14.2 Å². The number of ether oxygens (including phenoxy) is 4. The van der Waals surface area contributed by atoms with Crippen LogP contribution in [0.25, 0.3) is 6.08 Å². The van der Waals surface area contributed by atoms with E-state index in [1.807, 2.05) is 0 Å². The highest BCUT2D eigenvalue weighted by Crippen LogP contribution is 2.39. The van der Waals surface area contributed by atoms with Crippen LogP contribution >= 0.6 is 0 Å². The van der Waals surface area contributed by atoms with Gasteiger partial charge in [-0.25, -0.2) is 0 Å². The molecule has 144 valence electrons. The molecule has 0 aromatic heterocycles. The number of benzene rings is 1. The molecule has 0 N–H and O–H groups in total. The summed E-state index contributed by atoms with van der Waals surface area (Å²) in [6.45, 7) is -1.66. The van der Waals surface area contributed by atoms with Crippen molar-refractivity contribution in [1.29, 1.82) is 0 Å². The normalized spacial score (nSPS) is 17.0. The van der Waals surface area contributed by atoms with Crippen molar-refractivity contribution in [3.63, 3.8) is 0 Å². The zero-order valence-electron chi connectivity index (χ0n) is 14.7. The van der Waals surface area contributed by atoms with E-state index in [0.717, 1.165) is 12.2 Å². The summed E-state index contributed by atoms with van der Waals surface area (Å²) in [6, 6.07) is 2.66. The van der Waals surface area contributed by atoms with Gasteiger partial charge < -0.3 is 18.9 Å². The van der Waals surface area contributed by atoms with E-state index in [4.69, 9.17) is 14.2 Å². The predicted octanol–water partition coefficient (Wildman–Crippen LogP) is 2.53. The van der Waals surface area contributed by atoms with Crippen LogP contribution in [0.5, 0.6) is 17.2 Å². The van der Waals surface area contributed by atoms with E-state index in [9.17, 15) is 23.2 Å². The minimum absolute atomic E-state index is 0.0477. The molecule has 0 amide bonds. The number of allylic oxidation sites excluding steroid dienone is 3. The number of carbonyl (C=O) groups is 3. The molecule has 27 heavy (non-hydrogen) atoms. The minimum atomic E-state index is -3.09. The standard InChI is InChI=1S/C18H16F2O7/c1-9-6-12(22)15(17(23)26-9)11(21)5-4-10-7-13(24-2)16(27-18(19)20)14(8-10)25-3/h4-8,15,18H,1-3H3. The lowest BCUT2D eigenvalue weighted by Gasteiger charge is -2.16. The molecule has 0 fully saturated rings. The SMILES string of the molecule is COc1cc(C=CC(=O)C2C(=O)C=C(C)OC2=O)cc(OC)c1OC(F)F. The monoisotopic (exact) mass is 382 g/mol. The third-order valence-electron chi connectivity index (χ3n) is 3.54. The summed E-state index contributed by atoms with van der Waals surface area (Å²) < 4.78 is 44.3. The molecule has 1 aromatic rings. The summed E-state index contributed by atoms with van der Waals surface area (Å²) in [4.78, 5) is 35.8. The zero-order valence-corrected chi connectivity index (χ0v) is 14.7. The summed E-state index contributed by atoms with van der Waals surface area (Å²) in [5.74, 6) is -4.26. The summed E-state index contributed by atoms with van der Waals surface area (Å²) in [6.07, 6.45) is 3.37. The molecule has 0 radical (unpaired) electrons. The van der Waals surface area contributed by atoms with E-state index in [-0.39, 0.29) is 23.0 Å². The number of ketones is 2. The van der Waals surface area contributed by atoms with Crippen LogP contribution in [-0.4, -0.2) is 38.4 Å². The van der Waals surface area contributed by atoms with Gasteiger partial charge in [-0.15, -0.1) is 0 Å². The van der Waals surface area contributed by atoms with E-state index >= 15 is 0 Å². The van der Waals surface area contributed by atoms with Crippen molar-refractivity contribution in [1.82, 2.24) is 0 Å². The highest BCUT2D eigenvalue weighted by Gasteiger charge is 2.36. The van der Waals surface area contributed by atoms with Crippen molar-refractivity contribution in [2.24, 2.45) is 5.92 Å². The molecular formula is C18H16F2O7. The molecule has 1 atom stereocenters. The number of halogens is 2. The minimum Gasteiger partial charge on any atom is -0.493 e. The smallest absolute Gasteiger partial charge is 0.387 e. The van der Waals surface area contributed by atoms with Crippen molar-refractivity contribution in [3.05, 3.63) is 35.6 Å². The Morgan fingerprint density at radius 2 is 1.78 bits per heavy atom. The average Bonchev–Trinajstić information content (AvgIpc) is 2.59. The van der Waals surface area contributed by atoms with E-state index in [0.29, 0.717) is 5.56 Å². The molecule has 0 spiro atoms. The third-order valence-corrected chi connectivity index (χ3v) is 3.54. The second-order valence-electron chi connectivity index (χ2n) is 5.38. The first-order valence-electron chi connectivity index (χ1n) is 7.63. The van der Waals surface area contributed by atoms with Gasteiger partial charge in [-0.1, -0.05) is 6.08 Å². The van der Waals surface area contributed by atoms with Crippen LogP contribution in [0, 0.1) is 5.92 Å². The van der Waals surface area contributed by atoms with Crippen LogP contribution in [0.4, 0.5) is 8.78 Å². The molecule has 1 aliphatic heterocycles. The van der Waals surface area contributed by atoms with E-state index in [2.05, 4.69) is 4.74 Å². The molecule has 0 saturated carbocycles. The second kappa shape index (κ2) is 8.43. The Morgan fingerprint density at radius 1 is 1.19 bits per heavy atom. The summed E-state index contributed by atoms with van der Waals surface area (Å²) in [5, 5.41) is 0. The van der Waals surface area contributed by atoms with Crippen molar-refractivity contribution in [3.8, 4) is 17.2 Å². The third kappa shape index (κ3) is 4.69. The molecule has 1 aliphatic rings. The quantitative estimate of drug-likeness (QED) is 0.407. The molecule has 2 rings (SSSR count). The fourth-order valence-electron chi connectivity index (χ4n) is 2.38. The van der Waals surface area contributed by atoms with Gasteiger partial charge in [0.15, 0.2) is 29.0 Å². The van der Waals surface area contributed by atoms with Gasteiger partial charge in [0.25, 0.3) is 0 Å². The fourth-order valence-corrected chi connectivity index (χ4v) is 2.38. The maximum atomic E-state index is 12.5. The Hall–Kier alpha value is -3.23. The fraction of sp³-hybridized carbons (Fsp3) is 0.278. The molecular weight excluding hydrogens is 366 g/mol. The Labute approximate surface area is 153 Å². The molecule has 0 bridgehead atoms. The Bertz CT molecular complexity index is 802. The van der Waals surface area contributed by atoms with E-state index in [1.54, 1.807) is 0 Å². The van der Waals surface area contributed by atoms with Crippen LogP contribution < -0.4 is 14.2 Å². The number of rotatable bonds is 7. The first-order chi connectivity index (χ1) is 12.8. The number of hydrogen-bond donors (Lipinski definition) is 0. The van der Waals surface area contributed by atoms with Crippen molar-refractivity contribution in [2.45, 2.75) is 13.5 Å². The summed E-state index contributed by atoms with van der Waals surface area (Å²) >= 11 is 0. The Kier molecular flexibility index (Phi) is 6.27. The summed E-state index contributed by atoms with van der Waals surface area (Å²) in [7, 11) is 2.49. The molecule has 9 heteroatoms. The number of alkyl halides is 2. The number of esters is 1. The Morgan fingerprint density at radius 3 is 2.26 bits per heavy atom. The average molecular weight is 382 g/mol. The number of cyclic esters (lactones) is 1. The van der Waals surface area contributed by atoms with E-state index < -0.39 is 30.1 Å². The molecule has 7 nitrogen and oxygen atoms in total. The van der Waals surface area contributed by atoms with Crippen molar-refractivity contribution >= 4 is 23.6 Å². The molecule has 1 unspecified atom stereocenters. The van der Waals surface area contributed by atoms with Gasteiger partial charge in [0, 0.05) is 6.08 Å². The number of methoxy groups -OCH3 is 2. The van der Waals surface area contributed by atoms with Crippen LogP contribution in [0.2, 0.25) is 0 Å². The maximum absolute atomic E-state index is 12.5. The predicted molar refractivity (Wildman–Crippen MR) is 88.6 cm³/mol. The Balaban J connectivity index is 2.30.